The van der Waals surface area contributed by atoms with E-state index in [2.05, 4.69) is 5.32 Å². The summed E-state index contributed by atoms with van der Waals surface area (Å²) < 4.78 is 26.9. The summed E-state index contributed by atoms with van der Waals surface area (Å²) in [4.78, 5) is 29.1. The highest BCUT2D eigenvalue weighted by Gasteiger charge is 2.39. The molecule has 1 aromatic carbocycles. The number of sulfone groups is 1. The molecular formula is C27H38ClN3O4S. The average molecular weight is 536 g/mol. The lowest BCUT2D eigenvalue weighted by Gasteiger charge is -2.35. The predicted octanol–water partition coefficient (Wildman–Crippen LogP) is 4.45. The van der Waals surface area contributed by atoms with Crippen LogP contribution in [0.4, 0.5) is 0 Å². The Bertz CT molecular complexity index is 1220. The summed E-state index contributed by atoms with van der Waals surface area (Å²) in [5.41, 5.74) is 0.793. The molecule has 0 unspecified atom stereocenters. The molecule has 36 heavy (non-hydrogen) atoms. The summed E-state index contributed by atoms with van der Waals surface area (Å²) in [6.07, 6.45) is 10.3. The predicted molar refractivity (Wildman–Crippen MR) is 143 cm³/mol. The Labute approximate surface area is 219 Å². The van der Waals surface area contributed by atoms with Crippen LogP contribution in [-0.4, -0.2) is 61.5 Å². The zero-order valence-corrected chi connectivity index (χ0v) is 23.1. The van der Waals surface area contributed by atoms with Crippen molar-refractivity contribution in [3.8, 4) is 0 Å². The van der Waals surface area contributed by atoms with Gasteiger partial charge in [-0.05, 0) is 63.8 Å². The van der Waals surface area contributed by atoms with Crippen LogP contribution in [0.2, 0.25) is 5.02 Å². The molecule has 2 aromatic rings. The van der Waals surface area contributed by atoms with Gasteiger partial charge in [0.1, 0.15) is 5.78 Å². The van der Waals surface area contributed by atoms with E-state index in [1.807, 2.05) is 22.5 Å². The lowest BCUT2D eigenvalue weighted by molar-refractivity contribution is -0.141. The maximum atomic E-state index is 14.0. The molecule has 9 heteroatoms. The third-order valence-electron chi connectivity index (χ3n) is 8.15. The number of nitrogens with one attached hydrogen (secondary N) is 1. The minimum atomic E-state index is -3.44. The zero-order chi connectivity index (χ0) is 26.0. The molecule has 1 aliphatic carbocycles. The van der Waals surface area contributed by atoms with E-state index in [0.717, 1.165) is 44.0 Å². The van der Waals surface area contributed by atoms with Gasteiger partial charge in [0, 0.05) is 59.8 Å². The fraction of sp³-hybridized carbons (Fsp3) is 0.630. The standard InChI is InChI=1S/C27H38ClN3O4S/c1-18(29-2)25(32)15-22(19-8-5-4-6-9-19)27(33)31-13-7-10-21(31)16-30-17-26(36(3,34)35)23-14-20(28)11-12-24(23)30/h11-12,14,17-19,21-22,29H,4-10,13,15-16H2,1-3H3/t18-,21-,22-/m0/s1. The Morgan fingerprint density at radius 2 is 1.86 bits per heavy atom. The fourth-order valence-corrected chi connectivity index (χ4v) is 7.04. The number of rotatable bonds is 9. The van der Waals surface area contributed by atoms with Crippen LogP contribution in [0.15, 0.2) is 29.3 Å². The molecule has 4 rings (SSSR count). The molecule has 0 spiro atoms. The van der Waals surface area contributed by atoms with E-state index in [4.69, 9.17) is 11.6 Å². The number of nitrogens with zero attached hydrogens (tertiary/aromatic N) is 2. The van der Waals surface area contributed by atoms with Crippen LogP contribution >= 0.6 is 11.6 Å². The second-order valence-corrected chi connectivity index (χ2v) is 13.0. The number of halogens is 1. The molecule has 198 valence electrons. The monoisotopic (exact) mass is 535 g/mol. The Morgan fingerprint density at radius 1 is 1.14 bits per heavy atom. The summed E-state index contributed by atoms with van der Waals surface area (Å²) >= 11 is 6.18. The third-order valence-corrected chi connectivity index (χ3v) is 9.51. The van der Waals surface area contributed by atoms with E-state index in [1.54, 1.807) is 25.4 Å². The highest BCUT2D eigenvalue weighted by atomic mass is 35.5. The second kappa shape index (κ2) is 11.2. The number of likely N-dealkylation sites (tertiary alicyclic amines) is 1. The molecule has 1 saturated heterocycles. The molecule has 1 amide bonds. The van der Waals surface area contributed by atoms with Crippen molar-refractivity contribution >= 4 is 44.0 Å². The van der Waals surface area contributed by atoms with Crippen LogP contribution in [0.25, 0.3) is 10.9 Å². The van der Waals surface area contributed by atoms with Crippen molar-refractivity contribution in [2.24, 2.45) is 11.8 Å². The molecule has 7 nitrogen and oxygen atoms in total. The summed E-state index contributed by atoms with van der Waals surface area (Å²) in [6.45, 7) is 3.04. The Hall–Kier alpha value is -1.90. The molecule has 3 atom stereocenters. The SMILES string of the molecule is CN[C@@H](C)C(=O)C[C@H](C(=O)N1CCC[C@H]1Cn1cc(S(C)(=O)=O)c2cc(Cl)ccc21)C1CCCCC1. The Balaban J connectivity index is 1.61. The van der Waals surface area contributed by atoms with E-state index >= 15 is 0 Å². The number of carbonyl (C=O) groups is 2. The molecule has 2 heterocycles. The second-order valence-electron chi connectivity index (χ2n) is 10.6. The normalized spacial score (nSPS) is 21.1. The summed E-state index contributed by atoms with van der Waals surface area (Å²) in [5.74, 6) is 0.125. The van der Waals surface area contributed by atoms with Crippen LogP contribution in [-0.2, 0) is 26.0 Å². The molecule has 1 saturated carbocycles. The third kappa shape index (κ3) is 5.81. The van der Waals surface area contributed by atoms with Crippen LogP contribution in [0.3, 0.4) is 0 Å². The van der Waals surface area contributed by atoms with Gasteiger partial charge in [0.25, 0.3) is 0 Å². The number of carbonyl (C=O) groups excluding carboxylic acids is 2. The van der Waals surface area contributed by atoms with Crippen molar-refractivity contribution in [1.29, 1.82) is 0 Å². The van der Waals surface area contributed by atoms with Crippen LogP contribution < -0.4 is 5.32 Å². The molecule has 1 aliphatic heterocycles. The summed E-state index contributed by atoms with van der Waals surface area (Å²) in [7, 11) is -1.67. The number of ketones is 1. The molecule has 0 bridgehead atoms. The van der Waals surface area contributed by atoms with E-state index < -0.39 is 9.84 Å². The number of benzene rings is 1. The van der Waals surface area contributed by atoms with Gasteiger partial charge < -0.3 is 14.8 Å². The maximum Gasteiger partial charge on any atom is 0.226 e. The van der Waals surface area contributed by atoms with Gasteiger partial charge in [-0.2, -0.15) is 0 Å². The van der Waals surface area contributed by atoms with Crippen molar-refractivity contribution in [3.05, 3.63) is 29.4 Å². The number of hydrogen-bond donors (Lipinski definition) is 1. The minimum Gasteiger partial charge on any atom is -0.344 e. The van der Waals surface area contributed by atoms with Gasteiger partial charge in [0.15, 0.2) is 9.84 Å². The number of aromatic nitrogens is 1. The smallest absolute Gasteiger partial charge is 0.226 e. The largest absolute Gasteiger partial charge is 0.344 e. The van der Waals surface area contributed by atoms with E-state index in [9.17, 15) is 18.0 Å². The summed E-state index contributed by atoms with van der Waals surface area (Å²) in [5, 5.41) is 4.11. The van der Waals surface area contributed by atoms with Gasteiger partial charge in [0.2, 0.25) is 5.91 Å². The van der Waals surface area contributed by atoms with Crippen molar-refractivity contribution in [2.45, 2.75) is 81.8 Å². The maximum absolute atomic E-state index is 14.0. The lowest BCUT2D eigenvalue weighted by Crippen LogP contribution is -2.45. The van der Waals surface area contributed by atoms with Gasteiger partial charge in [-0.1, -0.05) is 30.9 Å². The lowest BCUT2D eigenvalue weighted by atomic mass is 9.76. The van der Waals surface area contributed by atoms with Crippen molar-refractivity contribution in [3.63, 3.8) is 0 Å². The highest BCUT2D eigenvalue weighted by Crippen LogP contribution is 2.36. The highest BCUT2D eigenvalue weighted by molar-refractivity contribution is 7.91. The van der Waals surface area contributed by atoms with E-state index in [1.165, 1.54) is 12.7 Å². The first-order valence-corrected chi connectivity index (χ1v) is 15.4. The quantitative estimate of drug-likeness (QED) is 0.512. The van der Waals surface area contributed by atoms with Crippen LogP contribution in [0, 0.1) is 11.8 Å². The van der Waals surface area contributed by atoms with Crippen molar-refractivity contribution in [2.75, 3.05) is 19.8 Å². The van der Waals surface area contributed by atoms with Gasteiger partial charge in [-0.25, -0.2) is 8.42 Å². The van der Waals surface area contributed by atoms with Gasteiger partial charge in [-0.3, -0.25) is 9.59 Å². The van der Waals surface area contributed by atoms with E-state index in [0.29, 0.717) is 23.5 Å². The Kier molecular flexibility index (Phi) is 8.47. The molecule has 0 radical (unpaired) electrons. The topological polar surface area (TPSA) is 88.5 Å². The molecule has 1 N–H and O–H groups in total. The zero-order valence-electron chi connectivity index (χ0n) is 21.5. The average Bonchev–Trinajstić information content (AvgIpc) is 3.46. The van der Waals surface area contributed by atoms with Crippen molar-refractivity contribution in [1.82, 2.24) is 14.8 Å². The van der Waals surface area contributed by atoms with Gasteiger partial charge in [-0.15, -0.1) is 0 Å². The molecular weight excluding hydrogens is 498 g/mol. The first-order chi connectivity index (χ1) is 17.1. The number of fused-ring (bicyclic) bond motifs is 1. The van der Waals surface area contributed by atoms with Crippen LogP contribution in [0.1, 0.15) is 58.3 Å². The molecule has 2 fully saturated rings. The van der Waals surface area contributed by atoms with Gasteiger partial charge in [0.05, 0.1) is 10.9 Å². The number of hydrogen-bond acceptors (Lipinski definition) is 5. The molecule has 1 aromatic heterocycles. The molecule has 2 aliphatic rings. The minimum absolute atomic E-state index is 0.0425. The number of amides is 1. The fourth-order valence-electron chi connectivity index (χ4n) is 5.99. The summed E-state index contributed by atoms with van der Waals surface area (Å²) in [6, 6.07) is 4.98. The first kappa shape index (κ1) is 27.1. The van der Waals surface area contributed by atoms with E-state index in [-0.39, 0.29) is 46.9 Å². The Morgan fingerprint density at radius 3 is 2.53 bits per heavy atom. The number of likely N-dealkylation sites (N-methyl/N-ethyl adjacent to an activating group) is 1. The van der Waals surface area contributed by atoms with Crippen molar-refractivity contribution < 1.29 is 18.0 Å². The van der Waals surface area contributed by atoms with Gasteiger partial charge >= 0.3 is 0 Å². The van der Waals surface area contributed by atoms with Crippen LogP contribution in [0.5, 0.6) is 0 Å². The first-order valence-electron chi connectivity index (χ1n) is 13.1. The number of Topliss-reactive ketones (excluding diaryl/α,β-unsaturated/α-hetero) is 1.